The molecule has 1 aliphatic rings. The molecule has 2 aromatic heterocycles. The molecule has 1 fully saturated rings. The molecule has 0 spiro atoms. The highest BCUT2D eigenvalue weighted by atomic mass is 32.1. The van der Waals surface area contributed by atoms with Gasteiger partial charge in [-0.25, -0.2) is 0 Å². The van der Waals surface area contributed by atoms with Crippen molar-refractivity contribution in [1.29, 1.82) is 0 Å². The Bertz CT molecular complexity index is 712. The maximum Gasteiger partial charge on any atom is 0.259 e. The van der Waals surface area contributed by atoms with Crippen LogP contribution < -0.4 is 4.90 Å². The van der Waals surface area contributed by atoms with E-state index in [9.17, 15) is 0 Å². The van der Waals surface area contributed by atoms with E-state index in [4.69, 9.17) is 4.52 Å². The molecule has 0 amide bonds. The standard InChI is InChI=1S/C16H15N3OS/c1-2-9-19(8-1)14-5-3-12(4-6-14)15-17-16(20-18-15)13-7-10-21-11-13/h3-7,10-11H,1-2,8-9H2. The smallest absolute Gasteiger partial charge is 0.259 e. The topological polar surface area (TPSA) is 42.2 Å². The summed E-state index contributed by atoms with van der Waals surface area (Å²) in [4.78, 5) is 6.88. The fourth-order valence-corrected chi connectivity index (χ4v) is 3.27. The van der Waals surface area contributed by atoms with Crippen LogP contribution >= 0.6 is 11.3 Å². The zero-order valence-corrected chi connectivity index (χ0v) is 12.3. The average Bonchev–Trinajstić information content (AvgIpc) is 3.27. The zero-order valence-electron chi connectivity index (χ0n) is 11.5. The van der Waals surface area contributed by atoms with Crippen LogP contribution in [-0.4, -0.2) is 23.2 Å². The van der Waals surface area contributed by atoms with Crippen LogP contribution in [0.3, 0.4) is 0 Å². The lowest BCUT2D eigenvalue weighted by atomic mass is 10.2. The van der Waals surface area contributed by atoms with Gasteiger partial charge in [0.1, 0.15) is 0 Å². The summed E-state index contributed by atoms with van der Waals surface area (Å²) in [6, 6.07) is 10.4. The van der Waals surface area contributed by atoms with Gasteiger partial charge in [-0.05, 0) is 48.6 Å². The summed E-state index contributed by atoms with van der Waals surface area (Å²) in [6.07, 6.45) is 2.58. The Kier molecular flexibility index (Phi) is 3.20. The molecule has 3 heterocycles. The first-order valence-electron chi connectivity index (χ1n) is 7.12. The minimum atomic E-state index is 0.579. The Morgan fingerprint density at radius 2 is 1.81 bits per heavy atom. The van der Waals surface area contributed by atoms with Crippen LogP contribution in [0.2, 0.25) is 0 Å². The van der Waals surface area contributed by atoms with Crippen LogP contribution in [0, 0.1) is 0 Å². The minimum Gasteiger partial charge on any atom is -0.372 e. The first kappa shape index (κ1) is 12.6. The second-order valence-electron chi connectivity index (χ2n) is 5.18. The van der Waals surface area contributed by atoms with E-state index >= 15 is 0 Å². The lowest BCUT2D eigenvalue weighted by Crippen LogP contribution is -2.17. The van der Waals surface area contributed by atoms with Crippen molar-refractivity contribution in [3.05, 3.63) is 41.1 Å². The average molecular weight is 297 g/mol. The molecule has 1 aromatic carbocycles. The number of hydrogen-bond donors (Lipinski definition) is 0. The third kappa shape index (κ3) is 2.45. The van der Waals surface area contributed by atoms with E-state index in [-0.39, 0.29) is 0 Å². The number of aromatic nitrogens is 2. The molecular formula is C16H15N3OS. The van der Waals surface area contributed by atoms with E-state index in [2.05, 4.69) is 39.3 Å². The maximum absolute atomic E-state index is 5.33. The summed E-state index contributed by atoms with van der Waals surface area (Å²) in [7, 11) is 0. The highest BCUT2D eigenvalue weighted by Crippen LogP contribution is 2.26. The predicted octanol–water partition coefficient (Wildman–Crippen LogP) is 4.07. The van der Waals surface area contributed by atoms with Crippen molar-refractivity contribution in [2.75, 3.05) is 18.0 Å². The fourth-order valence-electron chi connectivity index (χ4n) is 2.64. The molecule has 4 nitrogen and oxygen atoms in total. The number of thiophene rings is 1. The van der Waals surface area contributed by atoms with E-state index < -0.39 is 0 Å². The van der Waals surface area contributed by atoms with Crippen LogP contribution in [-0.2, 0) is 0 Å². The van der Waals surface area contributed by atoms with Crippen LogP contribution in [0.25, 0.3) is 22.8 Å². The second kappa shape index (κ2) is 5.33. The molecule has 0 unspecified atom stereocenters. The number of hydrogen-bond acceptors (Lipinski definition) is 5. The van der Waals surface area contributed by atoms with Gasteiger partial charge in [-0.1, -0.05) is 5.16 Å². The van der Waals surface area contributed by atoms with Gasteiger partial charge in [0.15, 0.2) is 0 Å². The van der Waals surface area contributed by atoms with E-state index in [1.807, 2.05) is 16.8 Å². The van der Waals surface area contributed by atoms with Crippen molar-refractivity contribution >= 4 is 17.0 Å². The molecule has 4 rings (SSSR count). The summed E-state index contributed by atoms with van der Waals surface area (Å²) in [5, 5.41) is 8.09. The Hall–Kier alpha value is -2.14. The van der Waals surface area contributed by atoms with Crippen molar-refractivity contribution in [3.8, 4) is 22.8 Å². The molecule has 5 heteroatoms. The van der Waals surface area contributed by atoms with Crippen LogP contribution in [0.1, 0.15) is 12.8 Å². The Morgan fingerprint density at radius 1 is 1.00 bits per heavy atom. The van der Waals surface area contributed by atoms with Crippen molar-refractivity contribution in [2.24, 2.45) is 0 Å². The monoisotopic (exact) mass is 297 g/mol. The lowest BCUT2D eigenvalue weighted by molar-refractivity contribution is 0.432. The molecule has 3 aromatic rings. The van der Waals surface area contributed by atoms with Gasteiger partial charge in [0.2, 0.25) is 5.82 Å². The van der Waals surface area contributed by atoms with Gasteiger partial charge in [0, 0.05) is 29.7 Å². The lowest BCUT2D eigenvalue weighted by Gasteiger charge is -2.17. The minimum absolute atomic E-state index is 0.579. The van der Waals surface area contributed by atoms with Crippen LogP contribution in [0.5, 0.6) is 0 Å². The molecule has 106 valence electrons. The van der Waals surface area contributed by atoms with Crippen LogP contribution in [0.15, 0.2) is 45.6 Å². The van der Waals surface area contributed by atoms with Gasteiger partial charge in [0.05, 0.1) is 5.56 Å². The first-order chi connectivity index (χ1) is 10.4. The first-order valence-corrected chi connectivity index (χ1v) is 8.06. The molecule has 0 N–H and O–H groups in total. The molecule has 21 heavy (non-hydrogen) atoms. The molecule has 1 aliphatic heterocycles. The van der Waals surface area contributed by atoms with Gasteiger partial charge >= 0.3 is 0 Å². The van der Waals surface area contributed by atoms with Crippen molar-refractivity contribution in [3.63, 3.8) is 0 Å². The van der Waals surface area contributed by atoms with E-state index in [1.54, 1.807) is 11.3 Å². The number of anilines is 1. The van der Waals surface area contributed by atoms with Gasteiger partial charge < -0.3 is 9.42 Å². The van der Waals surface area contributed by atoms with Crippen molar-refractivity contribution in [1.82, 2.24) is 10.1 Å². The predicted molar refractivity (Wildman–Crippen MR) is 84.5 cm³/mol. The van der Waals surface area contributed by atoms with Crippen molar-refractivity contribution < 1.29 is 4.52 Å². The fraction of sp³-hybridized carbons (Fsp3) is 0.250. The van der Waals surface area contributed by atoms with E-state index in [0.717, 1.165) is 24.2 Å². The highest BCUT2D eigenvalue weighted by molar-refractivity contribution is 7.08. The number of nitrogens with zero attached hydrogens (tertiary/aromatic N) is 3. The van der Waals surface area contributed by atoms with Gasteiger partial charge in [0.25, 0.3) is 5.89 Å². The van der Waals surface area contributed by atoms with E-state index in [0.29, 0.717) is 11.7 Å². The summed E-state index contributed by atoms with van der Waals surface area (Å²) >= 11 is 1.62. The summed E-state index contributed by atoms with van der Waals surface area (Å²) in [5.41, 5.74) is 3.24. The third-order valence-corrected chi connectivity index (χ3v) is 4.47. The van der Waals surface area contributed by atoms with Gasteiger partial charge in [-0.2, -0.15) is 16.3 Å². The normalized spacial score (nSPS) is 14.8. The quantitative estimate of drug-likeness (QED) is 0.731. The van der Waals surface area contributed by atoms with Gasteiger partial charge in [-0.3, -0.25) is 0 Å². The molecule has 1 saturated heterocycles. The third-order valence-electron chi connectivity index (χ3n) is 3.79. The highest BCUT2D eigenvalue weighted by Gasteiger charge is 2.14. The molecule has 0 aliphatic carbocycles. The molecular weight excluding hydrogens is 282 g/mol. The molecule has 0 radical (unpaired) electrons. The summed E-state index contributed by atoms with van der Waals surface area (Å²) in [5.74, 6) is 1.22. The largest absolute Gasteiger partial charge is 0.372 e. The molecule has 0 bridgehead atoms. The van der Waals surface area contributed by atoms with Crippen LogP contribution in [0.4, 0.5) is 5.69 Å². The Balaban J connectivity index is 1.58. The zero-order chi connectivity index (χ0) is 14.1. The second-order valence-corrected chi connectivity index (χ2v) is 5.96. The Labute approximate surface area is 127 Å². The Morgan fingerprint density at radius 3 is 2.52 bits per heavy atom. The SMILES string of the molecule is c1cc(-c2nc(-c3ccc(N4CCCC4)cc3)no2)cs1. The summed E-state index contributed by atoms with van der Waals surface area (Å²) in [6.45, 7) is 2.31. The van der Waals surface area contributed by atoms with Gasteiger partial charge in [-0.15, -0.1) is 0 Å². The maximum atomic E-state index is 5.33. The molecule has 0 saturated carbocycles. The van der Waals surface area contributed by atoms with Crippen molar-refractivity contribution in [2.45, 2.75) is 12.8 Å². The number of benzene rings is 1. The van der Waals surface area contributed by atoms with E-state index in [1.165, 1.54) is 18.5 Å². The molecule has 0 atom stereocenters. The number of rotatable bonds is 3. The summed E-state index contributed by atoms with van der Waals surface area (Å²) < 4.78 is 5.33.